The Morgan fingerprint density at radius 3 is 2.78 bits per heavy atom. The van der Waals surface area contributed by atoms with Gasteiger partial charge in [0, 0.05) is 69.3 Å². The third-order valence-corrected chi connectivity index (χ3v) is 4.30. The summed E-state index contributed by atoms with van der Waals surface area (Å²) in [6.45, 7) is 4.75. The van der Waals surface area contributed by atoms with Gasteiger partial charge in [0.1, 0.15) is 5.82 Å². The van der Waals surface area contributed by atoms with E-state index in [1.807, 2.05) is 41.7 Å². The molecule has 0 saturated heterocycles. The van der Waals surface area contributed by atoms with E-state index in [9.17, 15) is 0 Å². The zero-order chi connectivity index (χ0) is 15.5. The Bertz CT molecular complexity index is 734. The molecule has 0 N–H and O–H groups in total. The molecular weight excluding hydrogens is 288 g/mol. The summed E-state index contributed by atoms with van der Waals surface area (Å²) in [6, 6.07) is 6.15. The highest BCUT2D eigenvalue weighted by molar-refractivity contribution is 5.10. The van der Waals surface area contributed by atoms with Gasteiger partial charge in [0.25, 0.3) is 0 Å². The Balaban J connectivity index is 1.54. The molecule has 6 heteroatoms. The van der Waals surface area contributed by atoms with Gasteiger partial charge in [0.15, 0.2) is 0 Å². The van der Waals surface area contributed by atoms with Crippen molar-refractivity contribution in [1.82, 2.24) is 29.2 Å². The molecule has 0 spiro atoms. The fourth-order valence-electron chi connectivity index (χ4n) is 3.28. The van der Waals surface area contributed by atoms with Crippen molar-refractivity contribution in [2.24, 2.45) is 5.92 Å². The minimum Gasteiger partial charge on any atom is -0.333 e. The molecule has 1 aliphatic rings. The number of pyridine rings is 1. The lowest BCUT2D eigenvalue weighted by Crippen LogP contribution is -2.30. The van der Waals surface area contributed by atoms with E-state index in [4.69, 9.17) is 0 Å². The summed E-state index contributed by atoms with van der Waals surface area (Å²) in [7, 11) is 0. The van der Waals surface area contributed by atoms with Gasteiger partial charge in [-0.05, 0) is 23.8 Å². The van der Waals surface area contributed by atoms with E-state index < -0.39 is 0 Å². The summed E-state index contributed by atoms with van der Waals surface area (Å²) in [6.07, 6.45) is 11.6. The average Bonchev–Trinajstić information content (AvgIpc) is 3.18. The minimum absolute atomic E-state index is 0.507. The predicted molar refractivity (Wildman–Crippen MR) is 86.3 cm³/mol. The second-order valence-electron chi connectivity index (χ2n) is 6.12. The van der Waals surface area contributed by atoms with Crippen molar-refractivity contribution in [1.29, 1.82) is 0 Å². The SMILES string of the molecule is c1cnn(CC2CN(Cc3ccncc3)Cc3nccn3C2)c1. The van der Waals surface area contributed by atoms with Crippen LogP contribution >= 0.6 is 0 Å². The Morgan fingerprint density at radius 1 is 1.04 bits per heavy atom. The standard InChI is InChI=1S/C17H20N6/c1-4-20-23(8-1)13-16-11-21(10-15-2-5-18-6-3-15)14-17-19-7-9-22(17)12-16/h1-9,16H,10-14H2. The van der Waals surface area contributed by atoms with Crippen molar-refractivity contribution < 1.29 is 0 Å². The molecule has 23 heavy (non-hydrogen) atoms. The van der Waals surface area contributed by atoms with Crippen molar-refractivity contribution in [3.8, 4) is 0 Å². The molecule has 0 saturated carbocycles. The van der Waals surface area contributed by atoms with E-state index >= 15 is 0 Å². The number of hydrogen-bond donors (Lipinski definition) is 0. The van der Waals surface area contributed by atoms with Gasteiger partial charge in [0.05, 0.1) is 6.54 Å². The lowest BCUT2D eigenvalue weighted by Gasteiger charge is -2.23. The van der Waals surface area contributed by atoms with Crippen LogP contribution in [0.4, 0.5) is 0 Å². The maximum atomic E-state index is 4.53. The largest absolute Gasteiger partial charge is 0.333 e. The van der Waals surface area contributed by atoms with Crippen molar-refractivity contribution in [2.45, 2.75) is 26.2 Å². The molecule has 118 valence electrons. The van der Waals surface area contributed by atoms with Crippen LogP contribution in [0.1, 0.15) is 11.4 Å². The van der Waals surface area contributed by atoms with E-state index in [1.165, 1.54) is 5.56 Å². The number of hydrogen-bond acceptors (Lipinski definition) is 4. The van der Waals surface area contributed by atoms with E-state index in [2.05, 4.69) is 42.9 Å². The van der Waals surface area contributed by atoms with Gasteiger partial charge in [-0.1, -0.05) is 0 Å². The summed E-state index contributed by atoms with van der Waals surface area (Å²) in [5, 5.41) is 4.36. The van der Waals surface area contributed by atoms with Crippen molar-refractivity contribution in [3.05, 3.63) is 66.8 Å². The molecule has 0 amide bonds. The smallest absolute Gasteiger partial charge is 0.122 e. The van der Waals surface area contributed by atoms with Crippen LogP contribution in [0.15, 0.2) is 55.4 Å². The first-order chi connectivity index (χ1) is 11.4. The molecule has 4 rings (SSSR count). The molecule has 1 unspecified atom stereocenters. The predicted octanol–water partition coefficient (Wildman–Crippen LogP) is 1.81. The Labute approximate surface area is 135 Å². The number of fused-ring (bicyclic) bond motifs is 1. The maximum Gasteiger partial charge on any atom is 0.122 e. The Kier molecular flexibility index (Phi) is 3.90. The van der Waals surface area contributed by atoms with E-state index in [-0.39, 0.29) is 0 Å². The fourth-order valence-corrected chi connectivity index (χ4v) is 3.28. The quantitative estimate of drug-likeness (QED) is 0.737. The first-order valence-corrected chi connectivity index (χ1v) is 7.95. The van der Waals surface area contributed by atoms with Crippen LogP contribution in [0.3, 0.4) is 0 Å². The summed E-state index contributed by atoms with van der Waals surface area (Å²) < 4.78 is 4.30. The molecule has 0 radical (unpaired) electrons. The second kappa shape index (κ2) is 6.34. The second-order valence-corrected chi connectivity index (χ2v) is 6.12. The molecule has 1 aliphatic heterocycles. The molecule has 0 aliphatic carbocycles. The average molecular weight is 308 g/mol. The number of imidazole rings is 1. The summed E-state index contributed by atoms with van der Waals surface area (Å²) in [5.41, 5.74) is 1.29. The van der Waals surface area contributed by atoms with Crippen LogP contribution in [0.25, 0.3) is 0 Å². The third-order valence-electron chi connectivity index (χ3n) is 4.30. The zero-order valence-corrected chi connectivity index (χ0v) is 13.0. The summed E-state index contributed by atoms with van der Waals surface area (Å²) in [5.74, 6) is 1.65. The molecule has 4 heterocycles. The number of nitrogens with zero attached hydrogens (tertiary/aromatic N) is 6. The normalized spacial score (nSPS) is 18.5. The summed E-state index contributed by atoms with van der Waals surface area (Å²) >= 11 is 0. The monoisotopic (exact) mass is 308 g/mol. The molecule has 1 atom stereocenters. The van der Waals surface area contributed by atoms with Gasteiger partial charge in [-0.15, -0.1) is 0 Å². The third kappa shape index (κ3) is 3.32. The van der Waals surface area contributed by atoms with Crippen molar-refractivity contribution in [3.63, 3.8) is 0 Å². The highest BCUT2D eigenvalue weighted by Gasteiger charge is 2.22. The number of rotatable bonds is 4. The van der Waals surface area contributed by atoms with Gasteiger partial charge in [-0.2, -0.15) is 5.10 Å². The molecule has 0 aromatic carbocycles. The van der Waals surface area contributed by atoms with Gasteiger partial charge in [-0.25, -0.2) is 4.98 Å². The van der Waals surface area contributed by atoms with E-state index in [0.29, 0.717) is 5.92 Å². The molecular formula is C17H20N6. The van der Waals surface area contributed by atoms with E-state index in [1.54, 1.807) is 0 Å². The number of aromatic nitrogens is 5. The highest BCUT2D eigenvalue weighted by atomic mass is 15.3. The van der Waals surface area contributed by atoms with Gasteiger partial charge < -0.3 is 4.57 Å². The first-order valence-electron chi connectivity index (χ1n) is 7.95. The fraction of sp³-hybridized carbons (Fsp3) is 0.353. The van der Waals surface area contributed by atoms with Gasteiger partial charge in [-0.3, -0.25) is 14.6 Å². The maximum absolute atomic E-state index is 4.53. The van der Waals surface area contributed by atoms with Crippen LogP contribution in [-0.2, 0) is 26.2 Å². The lowest BCUT2D eigenvalue weighted by atomic mass is 10.1. The Morgan fingerprint density at radius 2 is 1.96 bits per heavy atom. The van der Waals surface area contributed by atoms with Gasteiger partial charge in [0.2, 0.25) is 0 Å². The molecule has 0 bridgehead atoms. The van der Waals surface area contributed by atoms with Crippen LogP contribution in [0.2, 0.25) is 0 Å². The zero-order valence-electron chi connectivity index (χ0n) is 13.0. The van der Waals surface area contributed by atoms with Crippen LogP contribution in [0.5, 0.6) is 0 Å². The lowest BCUT2D eigenvalue weighted by molar-refractivity contribution is 0.205. The first kappa shape index (κ1) is 14.1. The molecule has 0 fully saturated rings. The molecule has 6 nitrogen and oxygen atoms in total. The van der Waals surface area contributed by atoms with Crippen molar-refractivity contribution in [2.75, 3.05) is 6.54 Å². The highest BCUT2D eigenvalue weighted by Crippen LogP contribution is 2.18. The van der Waals surface area contributed by atoms with E-state index in [0.717, 1.165) is 38.5 Å². The summed E-state index contributed by atoms with van der Waals surface area (Å²) in [4.78, 5) is 11.1. The van der Waals surface area contributed by atoms with Crippen LogP contribution < -0.4 is 0 Å². The van der Waals surface area contributed by atoms with Gasteiger partial charge >= 0.3 is 0 Å². The van der Waals surface area contributed by atoms with Crippen LogP contribution in [-0.4, -0.2) is 35.8 Å². The molecule has 3 aromatic rings. The minimum atomic E-state index is 0.507. The topological polar surface area (TPSA) is 51.8 Å². The van der Waals surface area contributed by atoms with Crippen LogP contribution in [0, 0.1) is 5.92 Å². The van der Waals surface area contributed by atoms with Crippen molar-refractivity contribution >= 4 is 0 Å². The Hall–Kier alpha value is -2.47. The molecule has 3 aromatic heterocycles.